The molecule has 0 saturated carbocycles. The molecule has 6 amide bonds. The van der Waals surface area contributed by atoms with Crippen LogP contribution >= 0.6 is 11.3 Å². The van der Waals surface area contributed by atoms with Gasteiger partial charge in [0, 0.05) is 25.5 Å². The van der Waals surface area contributed by atoms with Gasteiger partial charge in [-0.2, -0.15) is 0 Å². The Morgan fingerprint density at radius 2 is 1.69 bits per heavy atom. The van der Waals surface area contributed by atoms with E-state index in [4.69, 9.17) is 4.74 Å². The summed E-state index contributed by atoms with van der Waals surface area (Å²) in [4.78, 5) is 94.8. The van der Waals surface area contributed by atoms with Gasteiger partial charge in [-0.15, -0.1) is 11.3 Å². The van der Waals surface area contributed by atoms with E-state index in [-0.39, 0.29) is 18.9 Å². The van der Waals surface area contributed by atoms with Crippen LogP contribution in [0.2, 0.25) is 0 Å². The maximum Gasteiger partial charge on any atom is 0.408 e. The van der Waals surface area contributed by atoms with E-state index < -0.39 is 77.2 Å². The van der Waals surface area contributed by atoms with Crippen molar-refractivity contribution in [2.24, 2.45) is 5.41 Å². The number of thiophene rings is 1. The zero-order valence-electron chi connectivity index (χ0n) is 29.6. The number of alkyl carbamates (subject to hydrolysis) is 1. The van der Waals surface area contributed by atoms with Gasteiger partial charge in [-0.1, -0.05) is 46.6 Å². The molecule has 1 fully saturated rings. The summed E-state index contributed by atoms with van der Waals surface area (Å²) in [6.07, 6.45) is 1.49. The Balaban J connectivity index is 2.11. The summed E-state index contributed by atoms with van der Waals surface area (Å²) >= 11 is 1.29. The topological polar surface area (TPSA) is 183 Å². The van der Waals surface area contributed by atoms with Crippen molar-refractivity contribution in [2.45, 2.75) is 110 Å². The van der Waals surface area contributed by atoms with E-state index >= 15 is 0 Å². The van der Waals surface area contributed by atoms with Gasteiger partial charge in [-0.3, -0.25) is 28.8 Å². The van der Waals surface area contributed by atoms with Gasteiger partial charge in [0.15, 0.2) is 0 Å². The number of ketones is 1. The SMILES string of the molecule is CCCCC(NC(=O)[C@@H]1CCCN1C(=O)[C@@H](NC(=O)OC(C)(C)C)C(C)(C)C)C(=O)C(=O)NCC(=O)N[C@H](C(=O)N(C)C)c1cccs1. The van der Waals surface area contributed by atoms with Crippen LogP contribution in [0.5, 0.6) is 0 Å². The lowest BCUT2D eigenvalue weighted by molar-refractivity contribution is -0.144. The molecule has 48 heavy (non-hydrogen) atoms. The molecule has 1 unspecified atom stereocenters. The molecule has 0 aliphatic carbocycles. The van der Waals surface area contributed by atoms with E-state index in [1.54, 1.807) is 73.2 Å². The van der Waals surface area contributed by atoms with E-state index in [2.05, 4.69) is 21.3 Å². The van der Waals surface area contributed by atoms with Crippen LogP contribution in [0.25, 0.3) is 0 Å². The van der Waals surface area contributed by atoms with Crippen molar-refractivity contribution in [3.05, 3.63) is 22.4 Å². The second kappa shape index (κ2) is 17.4. The van der Waals surface area contributed by atoms with Crippen LogP contribution in [0.3, 0.4) is 0 Å². The van der Waals surface area contributed by atoms with Gasteiger partial charge in [0.1, 0.15) is 23.7 Å². The van der Waals surface area contributed by atoms with E-state index in [1.165, 1.54) is 21.1 Å². The number of unbranched alkanes of at least 4 members (excludes halogenated alkanes) is 1. The first kappa shape index (κ1) is 40.2. The second-order valence-corrected chi connectivity index (χ2v) is 15.1. The molecule has 2 rings (SSSR count). The van der Waals surface area contributed by atoms with Crippen LogP contribution in [0.15, 0.2) is 17.5 Å². The van der Waals surface area contributed by atoms with Crippen LogP contribution in [0, 0.1) is 5.41 Å². The first-order valence-corrected chi connectivity index (χ1v) is 17.1. The Labute approximate surface area is 287 Å². The fourth-order valence-electron chi connectivity index (χ4n) is 5.07. The molecule has 14 nitrogen and oxygen atoms in total. The average Bonchev–Trinajstić information content (AvgIpc) is 3.70. The quantitative estimate of drug-likeness (QED) is 0.214. The molecule has 2 heterocycles. The average molecular weight is 693 g/mol. The predicted octanol–water partition coefficient (Wildman–Crippen LogP) is 2.28. The van der Waals surface area contributed by atoms with Crippen molar-refractivity contribution in [1.29, 1.82) is 0 Å². The summed E-state index contributed by atoms with van der Waals surface area (Å²) in [5.74, 6) is -4.07. The Hall–Kier alpha value is -4.01. The maximum atomic E-state index is 13.8. The third-order valence-electron chi connectivity index (χ3n) is 7.55. The van der Waals surface area contributed by atoms with Crippen LogP contribution in [-0.4, -0.2) is 102 Å². The highest BCUT2D eigenvalue weighted by molar-refractivity contribution is 7.10. The number of carbonyl (C=O) groups is 7. The van der Waals surface area contributed by atoms with Gasteiger partial charge in [0.25, 0.3) is 5.91 Å². The van der Waals surface area contributed by atoms with Crippen molar-refractivity contribution in [1.82, 2.24) is 31.1 Å². The standard InChI is InChI=1S/C33H52N6O8S/c1-10-11-14-20(25(41)28(43)34-19-23(40)36-24(29(44)38(8)9)22-16-13-18-48-22)35-27(42)21-15-12-17-39(21)30(45)26(32(2,3)4)37-31(46)47-33(5,6)7/h13,16,18,20-21,24,26H,10-12,14-15,17,19H2,1-9H3,(H,34,43)(H,35,42)(H,36,40)(H,37,46)/t20?,21-,24-,26+/m0/s1. The third-order valence-corrected chi connectivity index (χ3v) is 8.48. The minimum atomic E-state index is -1.19. The molecule has 1 saturated heterocycles. The summed E-state index contributed by atoms with van der Waals surface area (Å²) in [6, 6.07) is -0.603. The first-order chi connectivity index (χ1) is 22.3. The number of ether oxygens (including phenoxy) is 1. The van der Waals surface area contributed by atoms with E-state index in [0.29, 0.717) is 30.6 Å². The minimum absolute atomic E-state index is 0.171. The Morgan fingerprint density at radius 1 is 1.02 bits per heavy atom. The normalized spacial score (nSPS) is 16.6. The first-order valence-electron chi connectivity index (χ1n) is 16.2. The number of likely N-dealkylation sites (tertiary alicyclic amines) is 1. The molecule has 0 aromatic carbocycles. The van der Waals surface area contributed by atoms with Crippen LogP contribution in [0.4, 0.5) is 4.79 Å². The third kappa shape index (κ3) is 11.9. The maximum absolute atomic E-state index is 13.8. The molecule has 268 valence electrons. The molecular formula is C33H52N6O8S. The smallest absolute Gasteiger partial charge is 0.408 e. The Morgan fingerprint density at radius 3 is 2.23 bits per heavy atom. The molecule has 1 aliphatic rings. The summed E-state index contributed by atoms with van der Waals surface area (Å²) in [5.41, 5.74) is -1.50. The lowest BCUT2D eigenvalue weighted by atomic mass is 9.85. The summed E-state index contributed by atoms with van der Waals surface area (Å²) < 4.78 is 5.36. The zero-order chi connectivity index (χ0) is 36.4. The van der Waals surface area contributed by atoms with Crippen molar-refractivity contribution in [3.8, 4) is 0 Å². The number of Topliss-reactive ketones (excluding diaryl/α,β-unsaturated/α-hetero) is 1. The van der Waals surface area contributed by atoms with Crippen LogP contribution in [-0.2, 0) is 33.5 Å². The van der Waals surface area contributed by atoms with Gasteiger partial charge in [0.2, 0.25) is 29.4 Å². The Kier molecular flexibility index (Phi) is 14.6. The molecule has 1 aromatic heterocycles. The highest BCUT2D eigenvalue weighted by Gasteiger charge is 2.43. The van der Waals surface area contributed by atoms with Gasteiger partial charge >= 0.3 is 6.09 Å². The number of nitrogens with one attached hydrogen (secondary N) is 4. The fraction of sp³-hybridized carbons (Fsp3) is 0.667. The fourth-order valence-corrected chi connectivity index (χ4v) is 5.84. The second-order valence-electron chi connectivity index (χ2n) is 14.1. The summed E-state index contributed by atoms with van der Waals surface area (Å²) in [5, 5.41) is 12.0. The number of hydrogen-bond acceptors (Lipinski definition) is 9. The number of amides is 6. The van der Waals surface area contributed by atoms with Crippen LogP contribution in [0.1, 0.15) is 91.5 Å². The van der Waals surface area contributed by atoms with Crippen LogP contribution < -0.4 is 21.3 Å². The lowest BCUT2D eigenvalue weighted by Crippen LogP contribution is -2.59. The molecule has 15 heteroatoms. The molecular weight excluding hydrogens is 640 g/mol. The summed E-state index contributed by atoms with van der Waals surface area (Å²) in [6.45, 7) is 12.1. The summed E-state index contributed by atoms with van der Waals surface area (Å²) in [7, 11) is 3.12. The predicted molar refractivity (Wildman–Crippen MR) is 181 cm³/mol. The molecule has 4 N–H and O–H groups in total. The van der Waals surface area contributed by atoms with E-state index in [0.717, 1.165) is 0 Å². The number of carbonyl (C=O) groups excluding carboxylic acids is 7. The number of rotatable bonds is 14. The molecule has 0 radical (unpaired) electrons. The Bertz CT molecular complexity index is 1320. The van der Waals surface area contributed by atoms with E-state index in [1.807, 2.05) is 6.92 Å². The van der Waals surface area contributed by atoms with Gasteiger partial charge in [-0.05, 0) is 56.9 Å². The highest BCUT2D eigenvalue weighted by atomic mass is 32.1. The molecule has 1 aromatic rings. The van der Waals surface area contributed by atoms with Gasteiger partial charge < -0.3 is 35.8 Å². The lowest BCUT2D eigenvalue weighted by Gasteiger charge is -2.36. The van der Waals surface area contributed by atoms with Crippen molar-refractivity contribution in [2.75, 3.05) is 27.2 Å². The van der Waals surface area contributed by atoms with Gasteiger partial charge in [-0.25, -0.2) is 4.79 Å². The molecule has 0 bridgehead atoms. The molecule has 0 spiro atoms. The molecule has 4 atom stereocenters. The number of hydrogen-bond donors (Lipinski definition) is 4. The monoisotopic (exact) mass is 692 g/mol. The van der Waals surface area contributed by atoms with Crippen molar-refractivity contribution in [3.63, 3.8) is 0 Å². The molecule has 1 aliphatic heterocycles. The number of likely N-dealkylation sites (N-methyl/N-ethyl adjacent to an activating group) is 1. The van der Waals surface area contributed by atoms with E-state index in [9.17, 15) is 33.6 Å². The van der Waals surface area contributed by atoms with Crippen molar-refractivity contribution < 1.29 is 38.3 Å². The number of nitrogens with zero attached hydrogens (tertiary/aromatic N) is 2. The minimum Gasteiger partial charge on any atom is -0.444 e. The largest absolute Gasteiger partial charge is 0.444 e. The van der Waals surface area contributed by atoms with Crippen molar-refractivity contribution >= 4 is 52.7 Å². The zero-order valence-corrected chi connectivity index (χ0v) is 30.4. The van der Waals surface area contributed by atoms with Gasteiger partial charge in [0.05, 0.1) is 12.6 Å². The highest BCUT2D eigenvalue weighted by Crippen LogP contribution is 2.27.